The van der Waals surface area contributed by atoms with Gasteiger partial charge in [0.1, 0.15) is 5.56 Å². The van der Waals surface area contributed by atoms with E-state index in [2.05, 4.69) is 9.97 Å². The van der Waals surface area contributed by atoms with Crippen molar-refractivity contribution < 1.29 is 23.7 Å². The van der Waals surface area contributed by atoms with Gasteiger partial charge in [0.25, 0.3) is 5.56 Å². The number of H-pyrrole nitrogens is 1. The van der Waals surface area contributed by atoms with Crippen molar-refractivity contribution in [3.63, 3.8) is 0 Å². The summed E-state index contributed by atoms with van der Waals surface area (Å²) in [7, 11) is 3.07. The Hall–Kier alpha value is -3.07. The van der Waals surface area contributed by atoms with Crippen LogP contribution in [0, 0.1) is 0 Å². The number of hydrogen-bond donors (Lipinski definition) is 1. The van der Waals surface area contributed by atoms with E-state index in [-0.39, 0.29) is 12.4 Å². The zero-order valence-corrected chi connectivity index (χ0v) is 18.1. The van der Waals surface area contributed by atoms with Crippen LogP contribution in [0.15, 0.2) is 47.3 Å². The van der Waals surface area contributed by atoms with Gasteiger partial charge in [-0.15, -0.1) is 0 Å². The second kappa shape index (κ2) is 9.82. The monoisotopic (exact) mass is 426 g/mol. The summed E-state index contributed by atoms with van der Waals surface area (Å²) in [5.74, 6) is -1.99. The van der Waals surface area contributed by atoms with Crippen molar-refractivity contribution in [2.75, 3.05) is 21.0 Å². The highest BCUT2D eigenvalue weighted by molar-refractivity contribution is 5.89. The molecule has 0 unspecified atom stereocenters. The molecule has 0 saturated carbocycles. The molecule has 2 aromatic heterocycles. The van der Waals surface area contributed by atoms with Gasteiger partial charge in [0.2, 0.25) is 5.79 Å². The van der Waals surface area contributed by atoms with Crippen LogP contribution in [-0.2, 0) is 25.6 Å². The molecule has 8 heteroatoms. The number of nitrogens with one attached hydrogen (secondary N) is 1. The number of carbonyl (C=O) groups excluding carboxylic acids is 1. The van der Waals surface area contributed by atoms with Crippen molar-refractivity contribution in [3.05, 3.63) is 63.9 Å². The number of hydrogen-bond acceptors (Lipinski definition) is 7. The summed E-state index contributed by atoms with van der Waals surface area (Å²) in [6.07, 6.45) is 0.388. The average molecular weight is 426 g/mol. The van der Waals surface area contributed by atoms with Crippen LogP contribution >= 0.6 is 0 Å². The highest BCUT2D eigenvalue weighted by Gasteiger charge is 2.29. The lowest BCUT2D eigenvalue weighted by Crippen LogP contribution is -2.36. The molecule has 164 valence electrons. The molecule has 1 N–H and O–H groups in total. The van der Waals surface area contributed by atoms with Crippen LogP contribution in [0.25, 0.3) is 22.3 Å². The molecule has 1 atom stereocenters. The maximum atomic E-state index is 12.7. The zero-order chi connectivity index (χ0) is 22.4. The molecule has 1 aromatic carbocycles. The molecule has 0 aliphatic rings. The Morgan fingerprint density at radius 2 is 1.90 bits per heavy atom. The van der Waals surface area contributed by atoms with E-state index < -0.39 is 17.3 Å². The van der Waals surface area contributed by atoms with E-state index >= 15 is 0 Å². The van der Waals surface area contributed by atoms with Crippen molar-refractivity contribution in [1.29, 1.82) is 0 Å². The normalized spacial score (nSPS) is 13.2. The fourth-order valence-electron chi connectivity index (χ4n) is 3.07. The number of nitrogens with zero attached hydrogens (tertiary/aromatic N) is 1. The lowest BCUT2D eigenvalue weighted by atomic mass is 10.1. The third-order valence-corrected chi connectivity index (χ3v) is 4.92. The van der Waals surface area contributed by atoms with Gasteiger partial charge in [-0.3, -0.25) is 4.79 Å². The maximum absolute atomic E-state index is 12.7. The quantitative estimate of drug-likeness (QED) is 0.412. The molecule has 8 nitrogen and oxygen atoms in total. The highest BCUT2D eigenvalue weighted by Crippen LogP contribution is 2.25. The Labute approximate surface area is 180 Å². The summed E-state index contributed by atoms with van der Waals surface area (Å²) < 4.78 is 21.0. The third-order valence-electron chi connectivity index (χ3n) is 4.92. The second-order valence-corrected chi connectivity index (χ2v) is 7.16. The van der Waals surface area contributed by atoms with E-state index in [4.69, 9.17) is 18.9 Å². The first kappa shape index (κ1) is 22.6. The highest BCUT2D eigenvalue weighted by atomic mass is 16.8. The lowest BCUT2D eigenvalue weighted by molar-refractivity contribution is -0.232. The van der Waals surface area contributed by atoms with Crippen LogP contribution < -0.4 is 5.56 Å². The third kappa shape index (κ3) is 5.16. The van der Waals surface area contributed by atoms with Crippen LogP contribution in [-0.4, -0.2) is 42.7 Å². The number of rotatable bonds is 9. The largest absolute Gasteiger partial charge is 0.430 e. The molecule has 31 heavy (non-hydrogen) atoms. The molecular formula is C23H26N2O6. The molecule has 0 spiro atoms. The topological polar surface area (TPSA) is 99.7 Å². The van der Waals surface area contributed by atoms with Crippen molar-refractivity contribution in [1.82, 2.24) is 9.97 Å². The van der Waals surface area contributed by atoms with E-state index in [0.717, 1.165) is 16.5 Å². The summed E-state index contributed by atoms with van der Waals surface area (Å²) in [6.45, 7) is 3.70. The van der Waals surface area contributed by atoms with E-state index in [1.807, 2.05) is 30.3 Å². The van der Waals surface area contributed by atoms with E-state index in [1.165, 1.54) is 13.2 Å². The van der Waals surface area contributed by atoms with Crippen LogP contribution in [0.4, 0.5) is 0 Å². The van der Waals surface area contributed by atoms with Crippen LogP contribution in [0.5, 0.6) is 0 Å². The molecule has 3 aromatic rings. The molecule has 0 aliphatic carbocycles. The molecule has 0 bridgehead atoms. The van der Waals surface area contributed by atoms with Gasteiger partial charge in [-0.25, -0.2) is 9.78 Å². The zero-order valence-electron chi connectivity index (χ0n) is 18.1. The number of aromatic amines is 1. The second-order valence-electron chi connectivity index (χ2n) is 7.16. The summed E-state index contributed by atoms with van der Waals surface area (Å²) in [6, 6.07) is 12.7. The maximum Gasteiger partial charge on any atom is 0.346 e. The van der Waals surface area contributed by atoms with E-state index in [1.54, 1.807) is 27.0 Å². The van der Waals surface area contributed by atoms with E-state index in [0.29, 0.717) is 24.4 Å². The number of esters is 1. The SMILES string of the molecule is CC[C@](C)(OCOC)OC(=O)c1ccc(-c2nc3ccccc3cc2COC)[nH]c1=O. The van der Waals surface area contributed by atoms with Crippen LogP contribution in [0.2, 0.25) is 0 Å². The molecular weight excluding hydrogens is 400 g/mol. The number of carbonyl (C=O) groups is 1. The Morgan fingerprint density at radius 3 is 2.58 bits per heavy atom. The smallest absolute Gasteiger partial charge is 0.346 e. The number of pyridine rings is 2. The van der Waals surface area contributed by atoms with Gasteiger partial charge in [-0.2, -0.15) is 0 Å². The number of fused-ring (bicyclic) bond motifs is 1. The molecule has 2 heterocycles. The molecule has 0 saturated heterocycles. The number of para-hydroxylation sites is 1. The van der Waals surface area contributed by atoms with Gasteiger partial charge in [0, 0.05) is 38.5 Å². The number of methoxy groups -OCH3 is 2. The standard InChI is InChI=1S/C23H26N2O6/c1-5-23(2,30-14-29-4)31-22(27)17-10-11-19(25-21(17)26)20-16(13-28-3)12-15-8-6-7-9-18(15)24-20/h6-12H,5,13-14H2,1-4H3,(H,25,26)/t23-/m1/s1. The first-order valence-electron chi connectivity index (χ1n) is 9.88. The van der Waals surface area contributed by atoms with Gasteiger partial charge in [-0.1, -0.05) is 25.1 Å². The molecule has 0 aliphatic heterocycles. The fraction of sp³-hybridized carbons (Fsp3) is 0.348. The minimum atomic E-state index is -1.20. The summed E-state index contributed by atoms with van der Waals surface area (Å²) in [5.41, 5.74) is 1.96. The molecule has 0 amide bonds. The van der Waals surface area contributed by atoms with Gasteiger partial charge in [-0.05, 0) is 24.3 Å². The summed E-state index contributed by atoms with van der Waals surface area (Å²) >= 11 is 0. The minimum absolute atomic E-state index is 0.0389. The Bertz CT molecular complexity index is 1130. The van der Waals surface area contributed by atoms with Crippen molar-refractivity contribution >= 4 is 16.9 Å². The Balaban J connectivity index is 1.94. The number of benzene rings is 1. The summed E-state index contributed by atoms with van der Waals surface area (Å²) in [4.78, 5) is 32.7. The molecule has 0 fully saturated rings. The Morgan fingerprint density at radius 1 is 1.13 bits per heavy atom. The first-order chi connectivity index (χ1) is 14.9. The first-order valence-corrected chi connectivity index (χ1v) is 9.88. The van der Waals surface area contributed by atoms with Crippen molar-refractivity contribution in [3.8, 4) is 11.4 Å². The number of aromatic nitrogens is 2. The van der Waals surface area contributed by atoms with Gasteiger partial charge >= 0.3 is 5.97 Å². The predicted octanol–water partition coefficient (Wildman–Crippen LogP) is 3.64. The van der Waals surface area contributed by atoms with Crippen molar-refractivity contribution in [2.24, 2.45) is 0 Å². The van der Waals surface area contributed by atoms with E-state index in [9.17, 15) is 9.59 Å². The lowest BCUT2D eigenvalue weighted by Gasteiger charge is -2.27. The van der Waals surface area contributed by atoms with Crippen molar-refractivity contribution in [2.45, 2.75) is 32.7 Å². The molecule has 3 rings (SSSR count). The fourth-order valence-corrected chi connectivity index (χ4v) is 3.07. The molecule has 0 radical (unpaired) electrons. The minimum Gasteiger partial charge on any atom is -0.430 e. The van der Waals surface area contributed by atoms with Gasteiger partial charge in [0.05, 0.1) is 23.5 Å². The van der Waals surface area contributed by atoms with Gasteiger partial charge in [0.15, 0.2) is 6.79 Å². The summed E-state index contributed by atoms with van der Waals surface area (Å²) in [5, 5.41) is 0.968. The number of ether oxygens (including phenoxy) is 4. The van der Waals surface area contributed by atoms with Crippen LogP contribution in [0.3, 0.4) is 0 Å². The van der Waals surface area contributed by atoms with Gasteiger partial charge < -0.3 is 23.9 Å². The predicted molar refractivity (Wildman–Crippen MR) is 116 cm³/mol. The average Bonchev–Trinajstić information content (AvgIpc) is 2.77. The van der Waals surface area contributed by atoms with Crippen LogP contribution in [0.1, 0.15) is 36.2 Å². The Kier molecular flexibility index (Phi) is 7.17.